The third-order valence-electron chi connectivity index (χ3n) is 19.1. The highest BCUT2D eigenvalue weighted by Gasteiger charge is 2.70. The molecule has 0 saturated heterocycles. The first kappa shape index (κ1) is 37.0. The minimum atomic E-state index is -0.377. The number of para-hydroxylation sites is 1. The highest BCUT2D eigenvalue weighted by Crippen LogP contribution is 2.75. The van der Waals surface area contributed by atoms with Crippen LogP contribution in [0.4, 0.5) is 0 Å². The van der Waals surface area contributed by atoms with Gasteiger partial charge in [-0.25, -0.2) is 0 Å². The van der Waals surface area contributed by atoms with Gasteiger partial charge < -0.3 is 8.97 Å². The summed E-state index contributed by atoms with van der Waals surface area (Å²) in [5, 5.41) is 6.99. The normalized spacial score (nSPS) is 23.2. The van der Waals surface area contributed by atoms with Crippen molar-refractivity contribution in [3.05, 3.63) is 273 Å². The molecular weight excluding hydrogens is 877 g/mol. The van der Waals surface area contributed by atoms with E-state index >= 15 is 9.59 Å². The number of Topliss-reactive ketones (excluding diaryl/α,β-unsaturated/α-hetero) is 2. The van der Waals surface area contributed by atoms with Crippen LogP contribution < -0.4 is 0 Å². The van der Waals surface area contributed by atoms with Crippen LogP contribution in [0.15, 0.2) is 206 Å². The van der Waals surface area contributed by atoms with Crippen LogP contribution >= 0.6 is 0 Å². The first-order valence-electron chi connectivity index (χ1n) is 25.5. The lowest BCUT2D eigenvalue weighted by atomic mass is 9.36. The Balaban J connectivity index is 0.959. The van der Waals surface area contributed by atoms with Crippen LogP contribution in [0.3, 0.4) is 0 Å². The van der Waals surface area contributed by atoms with E-state index in [0.29, 0.717) is 0 Å². The van der Waals surface area contributed by atoms with Crippen LogP contribution in [0.2, 0.25) is 0 Å². The summed E-state index contributed by atoms with van der Waals surface area (Å²) in [6, 6.07) is 75.3. The summed E-state index contributed by atoms with van der Waals surface area (Å²) in [6.45, 7) is 0. The average molecular weight is 915 g/mol. The Bertz CT molecular complexity index is 4760. The van der Waals surface area contributed by atoms with Gasteiger partial charge in [0.1, 0.15) is 0 Å². The van der Waals surface area contributed by atoms with Crippen LogP contribution in [0.25, 0.3) is 76.7 Å². The Morgan fingerprint density at radius 1 is 0.333 bits per heavy atom. The molecule has 0 aliphatic heterocycles. The maximum atomic E-state index is 15.6. The van der Waals surface area contributed by atoms with Crippen molar-refractivity contribution in [1.82, 2.24) is 8.97 Å². The lowest BCUT2D eigenvalue weighted by Gasteiger charge is -2.64. The SMILES string of the molecule is O=C1c2cc3c(cc2C2c4ccccc4C24c2ccccc2C14)c1cc2c4ccccc4n(-c4ccc(-c5ccccc5)cc4)c2c2c4cc5c(cc4n3c12)C(=O)C1c2ccccc2C12c1ccccc1C52. The van der Waals surface area contributed by atoms with Crippen molar-refractivity contribution in [2.45, 2.75) is 34.5 Å². The zero-order valence-electron chi connectivity index (χ0n) is 38.7. The molecule has 3 aromatic heterocycles. The van der Waals surface area contributed by atoms with Crippen LogP contribution in [0, 0.1) is 0 Å². The number of ketones is 2. The molecule has 0 fully saturated rings. The molecule has 13 aromatic rings. The summed E-state index contributed by atoms with van der Waals surface area (Å²) in [7, 11) is 0. The standard InChI is InChI=1S/C68H38N2O2/c71-65-48-33-56-43(30-44(48)59-39-17-4-9-21-51(39)67(59)53-23-11-6-19-41(53)61(65)67)47-32-46-38-16-8-13-25-55(38)69(37-28-26-36(27-29-37)35-14-2-1-3-15-35)63(46)58-50-31-45-49(34-57(50)70(56)64(47)58)66(72)62-42-20-7-12-24-54(42)68(62)52-22-10-5-18-40(52)60(45)68/h1-34,59-62H. The molecule has 6 atom stereocenters. The molecule has 0 bridgehead atoms. The van der Waals surface area contributed by atoms with E-state index in [1.807, 2.05) is 0 Å². The lowest BCUT2D eigenvalue weighted by molar-refractivity contribution is 0.0839. The zero-order chi connectivity index (χ0) is 46.7. The number of benzene rings is 10. The van der Waals surface area contributed by atoms with Crippen molar-refractivity contribution in [2.75, 3.05) is 0 Å². The van der Waals surface area contributed by atoms with Gasteiger partial charge in [0, 0.05) is 71.8 Å². The van der Waals surface area contributed by atoms with Gasteiger partial charge in [-0.3, -0.25) is 9.59 Å². The van der Waals surface area contributed by atoms with Crippen molar-refractivity contribution in [1.29, 1.82) is 0 Å². The number of hydrogen-bond donors (Lipinski definition) is 0. The number of aromatic nitrogens is 2. The van der Waals surface area contributed by atoms with Gasteiger partial charge in [0.25, 0.3) is 0 Å². The summed E-state index contributed by atoms with van der Waals surface area (Å²) in [6.07, 6.45) is 0. The molecule has 6 aliphatic rings. The first-order valence-corrected chi connectivity index (χ1v) is 25.5. The molecule has 4 heteroatoms. The third kappa shape index (κ3) is 3.71. The molecule has 2 spiro atoms. The van der Waals surface area contributed by atoms with Gasteiger partial charge in [0.15, 0.2) is 11.6 Å². The van der Waals surface area contributed by atoms with E-state index in [4.69, 9.17) is 0 Å². The maximum absolute atomic E-state index is 15.6. The van der Waals surface area contributed by atoms with Gasteiger partial charge in [-0.2, -0.15) is 0 Å². The molecule has 4 nitrogen and oxygen atoms in total. The second-order valence-corrected chi connectivity index (χ2v) is 21.6. The van der Waals surface area contributed by atoms with E-state index in [2.05, 4.69) is 215 Å². The molecule has 0 saturated carbocycles. The quantitative estimate of drug-likeness (QED) is 0.173. The summed E-state index contributed by atoms with van der Waals surface area (Å²) < 4.78 is 4.92. The Morgan fingerprint density at radius 2 is 0.792 bits per heavy atom. The van der Waals surface area contributed by atoms with Gasteiger partial charge in [-0.05, 0) is 115 Å². The van der Waals surface area contributed by atoms with Gasteiger partial charge in [-0.15, -0.1) is 0 Å². The van der Waals surface area contributed by atoms with Crippen molar-refractivity contribution < 1.29 is 9.59 Å². The van der Waals surface area contributed by atoms with E-state index in [9.17, 15) is 0 Å². The molecular formula is C68H38N2O2. The monoisotopic (exact) mass is 914 g/mol. The summed E-state index contributed by atoms with van der Waals surface area (Å²) in [4.78, 5) is 31.1. The minimum absolute atomic E-state index is 0.0509. The molecule has 10 aromatic carbocycles. The van der Waals surface area contributed by atoms with Gasteiger partial charge in [-0.1, -0.05) is 158 Å². The van der Waals surface area contributed by atoms with Crippen LogP contribution in [0.1, 0.15) is 100 Å². The topological polar surface area (TPSA) is 43.5 Å². The predicted molar refractivity (Wildman–Crippen MR) is 286 cm³/mol. The van der Waals surface area contributed by atoms with Crippen molar-refractivity contribution >= 4 is 71.5 Å². The summed E-state index contributed by atoms with van der Waals surface area (Å²) >= 11 is 0. The van der Waals surface area contributed by atoms with E-state index in [-0.39, 0.29) is 46.1 Å². The smallest absolute Gasteiger partial charge is 0.171 e. The molecule has 332 valence electrons. The molecule has 3 heterocycles. The van der Waals surface area contributed by atoms with Crippen LogP contribution in [-0.4, -0.2) is 20.5 Å². The fraction of sp³-hybridized carbons (Fsp3) is 0.0882. The molecule has 6 aliphatic carbocycles. The largest absolute Gasteiger partial charge is 0.309 e. The highest BCUT2D eigenvalue weighted by molar-refractivity contribution is 6.35. The third-order valence-corrected chi connectivity index (χ3v) is 19.1. The number of rotatable bonds is 2. The maximum Gasteiger partial charge on any atom is 0.171 e. The number of carbonyl (C=O) groups excluding carboxylic acids is 2. The number of hydrogen-bond acceptors (Lipinski definition) is 2. The van der Waals surface area contributed by atoms with Crippen molar-refractivity contribution in [3.63, 3.8) is 0 Å². The zero-order valence-corrected chi connectivity index (χ0v) is 38.7. The van der Waals surface area contributed by atoms with E-state index < -0.39 is 0 Å². The second-order valence-electron chi connectivity index (χ2n) is 21.6. The second kappa shape index (κ2) is 12.0. The fourth-order valence-electron chi connectivity index (χ4n) is 16.7. The predicted octanol–water partition coefficient (Wildman–Crippen LogP) is 15.1. The van der Waals surface area contributed by atoms with Gasteiger partial charge >= 0.3 is 0 Å². The molecule has 19 rings (SSSR count). The minimum Gasteiger partial charge on any atom is -0.309 e. The van der Waals surface area contributed by atoms with Crippen molar-refractivity contribution in [2.24, 2.45) is 0 Å². The van der Waals surface area contributed by atoms with E-state index in [0.717, 1.165) is 77.4 Å². The van der Waals surface area contributed by atoms with Crippen molar-refractivity contribution in [3.8, 4) is 16.8 Å². The Kier molecular flexibility index (Phi) is 6.17. The Morgan fingerprint density at radius 3 is 1.38 bits per heavy atom. The average Bonchev–Trinajstić information content (AvgIpc) is 4.03. The number of fused-ring (bicyclic) bond motifs is 22. The van der Waals surface area contributed by atoms with Crippen LogP contribution in [0.5, 0.6) is 0 Å². The molecule has 6 unspecified atom stereocenters. The van der Waals surface area contributed by atoms with Gasteiger partial charge in [0.05, 0.1) is 39.4 Å². The molecule has 0 N–H and O–H groups in total. The summed E-state index contributed by atoms with van der Waals surface area (Å²) in [5.41, 5.74) is 22.2. The van der Waals surface area contributed by atoms with Gasteiger partial charge in [0.2, 0.25) is 0 Å². The van der Waals surface area contributed by atoms with Crippen LogP contribution in [-0.2, 0) is 10.8 Å². The highest BCUT2D eigenvalue weighted by atomic mass is 16.1. The molecule has 72 heavy (non-hydrogen) atoms. The Hall–Kier alpha value is -8.86. The summed E-state index contributed by atoms with van der Waals surface area (Å²) in [5.74, 6) is 0.0672. The number of nitrogens with zero attached hydrogens (tertiary/aromatic N) is 2. The fourth-order valence-corrected chi connectivity index (χ4v) is 16.7. The Labute approximate surface area is 412 Å². The van der Waals surface area contributed by atoms with E-state index in [1.165, 1.54) is 66.1 Å². The number of carbonyl (C=O) groups is 2. The van der Waals surface area contributed by atoms with E-state index in [1.54, 1.807) is 0 Å². The molecule has 0 radical (unpaired) electrons. The lowest BCUT2D eigenvalue weighted by Crippen LogP contribution is -2.61. The molecule has 0 amide bonds. The first-order chi connectivity index (χ1) is 35.6.